The lowest BCUT2D eigenvalue weighted by molar-refractivity contribution is -0.144. The van der Waals surface area contributed by atoms with Crippen molar-refractivity contribution in [2.45, 2.75) is 68.5 Å². The van der Waals surface area contributed by atoms with Crippen LogP contribution in [0.15, 0.2) is 84.6 Å². The molecule has 2 saturated carbocycles. The second kappa shape index (κ2) is 13.3. The number of carbonyl (C=O) groups is 4. The van der Waals surface area contributed by atoms with Gasteiger partial charge in [-0.2, -0.15) is 18.2 Å². The second-order valence-electron chi connectivity index (χ2n) is 15.5. The summed E-state index contributed by atoms with van der Waals surface area (Å²) in [6.07, 6.45) is 2.26. The first kappa shape index (κ1) is 36.7. The number of aromatic hydroxyl groups is 1. The molecule has 9 rings (SSSR count). The Kier molecular flexibility index (Phi) is 8.73. The highest BCUT2D eigenvalue weighted by Crippen LogP contribution is 2.65. The third-order valence-corrected chi connectivity index (χ3v) is 13.3. The van der Waals surface area contributed by atoms with Gasteiger partial charge in [0.05, 0.1) is 33.8 Å². The van der Waals surface area contributed by atoms with Crippen molar-refractivity contribution in [2.24, 2.45) is 23.7 Å². The highest BCUT2D eigenvalue weighted by Gasteiger charge is 2.71. The molecular formula is C42H35Cl2F3N4O5. The maximum Gasteiger partial charge on any atom is 0.417 e. The van der Waals surface area contributed by atoms with E-state index in [1.165, 1.54) is 11.0 Å². The third-order valence-electron chi connectivity index (χ3n) is 12.8. The van der Waals surface area contributed by atoms with Crippen molar-refractivity contribution in [1.82, 2.24) is 14.9 Å². The summed E-state index contributed by atoms with van der Waals surface area (Å²) in [5, 5.41) is 13.9. The Morgan fingerprint density at radius 1 is 0.875 bits per heavy atom. The minimum atomic E-state index is -4.75. The standard InChI is InChI=1S/C42H35Cl2F3N4O5/c43-24-13-11-22(12-14-24)41-30(38(54)51(40(41)56)49-36-31(44)18-23(20-48-36)42(45,46)47)19-29-27(35(41)34-26-9-5-4-6-21(26)10-17-32(34)52)15-16-28-33(29)39(55)50(37(28)53)25-7-2-1-3-8-25/h4-6,9-15,17-18,20,25,28-30,33,35,52H,1-3,7-8,16,19H2,(H,48,49). The van der Waals surface area contributed by atoms with E-state index in [1.54, 1.807) is 36.4 Å². The number of hydrogen-bond donors (Lipinski definition) is 2. The fraction of sp³-hybridized carbons (Fsp3) is 0.357. The van der Waals surface area contributed by atoms with E-state index in [2.05, 4.69) is 10.4 Å². The number of fused-ring (bicyclic) bond motifs is 5. The predicted octanol–water partition coefficient (Wildman–Crippen LogP) is 8.58. The Bertz CT molecular complexity index is 2360. The summed E-state index contributed by atoms with van der Waals surface area (Å²) in [5.41, 5.74) is 1.18. The number of allylic oxidation sites excluding steroid dienone is 2. The van der Waals surface area contributed by atoms with E-state index in [9.17, 15) is 27.9 Å². The van der Waals surface area contributed by atoms with Gasteiger partial charge in [-0.25, -0.2) is 4.98 Å². The topological polar surface area (TPSA) is 120 Å². The smallest absolute Gasteiger partial charge is 0.417 e. The molecule has 1 aromatic heterocycles. The Morgan fingerprint density at radius 2 is 1.61 bits per heavy atom. The summed E-state index contributed by atoms with van der Waals surface area (Å²) in [4.78, 5) is 64.6. The molecule has 2 N–H and O–H groups in total. The van der Waals surface area contributed by atoms with Crippen LogP contribution in [0, 0.1) is 23.7 Å². The van der Waals surface area contributed by atoms with E-state index in [-0.39, 0.29) is 42.3 Å². The number of likely N-dealkylation sites (tertiary alicyclic amines) is 1. The SMILES string of the molecule is O=C1C2CC3C(=CCC4C(=O)N(C5CCCCC5)C(=O)C43)C(c3c(O)ccc4ccccc34)C2(c2ccc(Cl)cc2)C(=O)N1Nc1ncc(C(F)(F)F)cc1Cl. The molecule has 2 aliphatic heterocycles. The molecule has 4 amide bonds. The molecule has 56 heavy (non-hydrogen) atoms. The molecule has 3 aliphatic carbocycles. The molecule has 5 aliphatic rings. The number of aromatic nitrogens is 1. The number of nitrogens with zero attached hydrogens (tertiary/aromatic N) is 3. The quantitative estimate of drug-likeness (QED) is 0.153. The van der Waals surface area contributed by atoms with E-state index in [0.717, 1.165) is 42.5 Å². The fourth-order valence-electron chi connectivity index (χ4n) is 10.4. The molecular weight excluding hydrogens is 768 g/mol. The maximum absolute atomic E-state index is 15.5. The van der Waals surface area contributed by atoms with E-state index < -0.39 is 63.6 Å². The molecule has 4 aromatic rings. The van der Waals surface area contributed by atoms with Crippen molar-refractivity contribution >= 4 is 63.4 Å². The molecule has 14 heteroatoms. The Hall–Kier alpha value is -4.94. The van der Waals surface area contributed by atoms with Crippen LogP contribution in [0.5, 0.6) is 5.75 Å². The zero-order valence-corrected chi connectivity index (χ0v) is 31.2. The number of halogens is 5. The number of hydrogen-bond acceptors (Lipinski definition) is 7. The van der Waals surface area contributed by atoms with Crippen molar-refractivity contribution in [1.29, 1.82) is 0 Å². The number of benzene rings is 3. The van der Waals surface area contributed by atoms with Gasteiger partial charge in [0, 0.05) is 28.7 Å². The van der Waals surface area contributed by atoms with Gasteiger partial charge in [-0.15, -0.1) is 0 Å². The lowest BCUT2D eigenvalue weighted by atomic mass is 9.48. The number of pyridine rings is 1. The van der Waals surface area contributed by atoms with Crippen molar-refractivity contribution < 1.29 is 37.5 Å². The maximum atomic E-state index is 15.5. The third kappa shape index (κ3) is 5.39. The van der Waals surface area contributed by atoms with E-state index in [4.69, 9.17) is 23.2 Å². The van der Waals surface area contributed by atoms with Gasteiger partial charge in [0.2, 0.25) is 11.8 Å². The zero-order valence-electron chi connectivity index (χ0n) is 29.7. The van der Waals surface area contributed by atoms with Crippen LogP contribution in [0.4, 0.5) is 19.0 Å². The predicted molar refractivity (Wildman–Crippen MR) is 201 cm³/mol. The van der Waals surface area contributed by atoms with Gasteiger partial charge in [-0.3, -0.25) is 29.5 Å². The average Bonchev–Trinajstić information content (AvgIpc) is 3.56. The van der Waals surface area contributed by atoms with Gasteiger partial charge in [-0.05, 0) is 72.2 Å². The van der Waals surface area contributed by atoms with Gasteiger partial charge in [0.1, 0.15) is 5.75 Å². The van der Waals surface area contributed by atoms with Gasteiger partial charge in [0.25, 0.3) is 11.8 Å². The monoisotopic (exact) mass is 802 g/mol. The second-order valence-corrected chi connectivity index (χ2v) is 16.3. The van der Waals surface area contributed by atoms with Crippen molar-refractivity contribution in [3.63, 3.8) is 0 Å². The lowest BCUT2D eigenvalue weighted by Crippen LogP contribution is -2.53. The summed E-state index contributed by atoms with van der Waals surface area (Å²) in [6.45, 7) is 0. The lowest BCUT2D eigenvalue weighted by Gasteiger charge is -2.51. The number of hydrazine groups is 1. The summed E-state index contributed by atoms with van der Waals surface area (Å²) in [5.74, 6) is -6.85. The number of carbonyl (C=O) groups excluding carboxylic acids is 4. The molecule has 0 radical (unpaired) electrons. The molecule has 0 spiro atoms. The number of phenols is 1. The Balaban J connectivity index is 1.26. The van der Waals surface area contributed by atoms with Crippen LogP contribution in [0.1, 0.15) is 67.6 Å². The van der Waals surface area contributed by atoms with E-state index in [0.29, 0.717) is 39.4 Å². The van der Waals surface area contributed by atoms with Gasteiger partial charge in [0.15, 0.2) is 5.82 Å². The summed E-state index contributed by atoms with van der Waals surface area (Å²) < 4.78 is 40.6. The van der Waals surface area contributed by atoms with E-state index >= 15 is 9.59 Å². The fourth-order valence-corrected chi connectivity index (χ4v) is 10.7. The summed E-state index contributed by atoms with van der Waals surface area (Å²) >= 11 is 12.7. The molecule has 4 fully saturated rings. The largest absolute Gasteiger partial charge is 0.508 e. The first-order valence-corrected chi connectivity index (χ1v) is 19.5. The van der Waals surface area contributed by atoms with Gasteiger partial charge in [-0.1, -0.05) is 96.6 Å². The van der Waals surface area contributed by atoms with Gasteiger partial charge < -0.3 is 5.11 Å². The number of imide groups is 2. The van der Waals surface area contributed by atoms with Crippen LogP contribution in [0.25, 0.3) is 10.8 Å². The zero-order chi connectivity index (χ0) is 39.3. The van der Waals surface area contributed by atoms with Crippen molar-refractivity contribution in [2.75, 3.05) is 5.43 Å². The minimum absolute atomic E-state index is 0.00783. The van der Waals surface area contributed by atoms with Crippen LogP contribution in [0.2, 0.25) is 10.0 Å². The van der Waals surface area contributed by atoms with Crippen LogP contribution >= 0.6 is 23.2 Å². The highest BCUT2D eigenvalue weighted by molar-refractivity contribution is 6.33. The first-order valence-electron chi connectivity index (χ1n) is 18.7. The number of nitrogens with one attached hydrogen (secondary N) is 1. The normalized spacial score (nSPS) is 28.0. The molecule has 2 saturated heterocycles. The van der Waals surface area contributed by atoms with Crippen LogP contribution < -0.4 is 5.43 Å². The molecule has 6 atom stereocenters. The number of anilines is 1. The Labute approximate surface area is 329 Å². The first-order chi connectivity index (χ1) is 26.8. The van der Waals surface area contributed by atoms with Crippen molar-refractivity contribution in [3.05, 3.63) is 111 Å². The van der Waals surface area contributed by atoms with Gasteiger partial charge >= 0.3 is 6.18 Å². The summed E-state index contributed by atoms with van der Waals surface area (Å²) in [7, 11) is 0. The minimum Gasteiger partial charge on any atom is -0.508 e. The highest BCUT2D eigenvalue weighted by atomic mass is 35.5. The molecule has 3 heterocycles. The molecule has 9 nitrogen and oxygen atoms in total. The number of alkyl halides is 3. The van der Waals surface area contributed by atoms with Crippen LogP contribution in [-0.2, 0) is 30.8 Å². The van der Waals surface area contributed by atoms with E-state index in [1.807, 2.05) is 24.3 Å². The Morgan fingerprint density at radius 3 is 2.32 bits per heavy atom. The molecule has 3 aromatic carbocycles. The summed E-state index contributed by atoms with van der Waals surface area (Å²) in [6, 6.07) is 17.6. The molecule has 0 bridgehead atoms. The van der Waals surface area contributed by atoms with Crippen LogP contribution in [0.3, 0.4) is 0 Å². The number of rotatable bonds is 5. The van der Waals surface area contributed by atoms with Crippen LogP contribution in [-0.4, -0.2) is 49.7 Å². The number of amides is 4. The van der Waals surface area contributed by atoms with Crippen molar-refractivity contribution in [3.8, 4) is 5.75 Å². The number of phenolic OH excluding ortho intramolecular Hbond substituents is 1. The molecule has 6 unspecified atom stereocenters. The average molecular weight is 804 g/mol. The molecule has 288 valence electrons.